The van der Waals surface area contributed by atoms with Crippen LogP contribution in [0.1, 0.15) is 46.0 Å². The molecule has 1 atom stereocenters. The molecule has 2 N–H and O–H groups in total. The lowest BCUT2D eigenvalue weighted by molar-refractivity contribution is 0.0502. The van der Waals surface area contributed by atoms with Gasteiger partial charge >= 0.3 is 0 Å². The van der Waals surface area contributed by atoms with Gasteiger partial charge in [-0.05, 0) is 32.7 Å². The molecule has 0 amide bonds. The number of hydrogen-bond acceptors (Lipinski definition) is 3. The Morgan fingerprint density at radius 3 is 2.71 bits per heavy atom. The number of nitriles is 1. The monoisotopic (exact) mass is 198 g/mol. The van der Waals surface area contributed by atoms with Crippen LogP contribution in [0, 0.1) is 11.3 Å². The summed E-state index contributed by atoms with van der Waals surface area (Å²) >= 11 is 0. The molecule has 82 valence electrons. The highest BCUT2D eigenvalue weighted by Gasteiger charge is 2.17. The number of nitrogens with zero attached hydrogens (tertiary/aromatic N) is 1. The SMILES string of the molecule is CCCC(C)(O)CNCCCCC#N. The third kappa shape index (κ3) is 8.03. The third-order valence-corrected chi connectivity index (χ3v) is 2.19. The van der Waals surface area contributed by atoms with Gasteiger partial charge in [0.05, 0.1) is 11.7 Å². The highest BCUT2D eigenvalue weighted by atomic mass is 16.3. The zero-order valence-corrected chi connectivity index (χ0v) is 9.34. The van der Waals surface area contributed by atoms with Crippen molar-refractivity contribution >= 4 is 0 Å². The molecule has 3 nitrogen and oxygen atoms in total. The van der Waals surface area contributed by atoms with Crippen molar-refractivity contribution in [3.63, 3.8) is 0 Å². The lowest BCUT2D eigenvalue weighted by atomic mass is 10.0. The van der Waals surface area contributed by atoms with Crippen molar-refractivity contribution < 1.29 is 5.11 Å². The quantitative estimate of drug-likeness (QED) is 0.585. The molecular weight excluding hydrogens is 176 g/mol. The molecule has 0 radical (unpaired) electrons. The van der Waals surface area contributed by atoms with Crippen LogP contribution in [0.5, 0.6) is 0 Å². The van der Waals surface area contributed by atoms with Crippen LogP contribution in [-0.4, -0.2) is 23.8 Å². The second-order valence-electron chi connectivity index (χ2n) is 4.04. The van der Waals surface area contributed by atoms with Crippen LogP contribution in [0.2, 0.25) is 0 Å². The summed E-state index contributed by atoms with van der Waals surface area (Å²) in [6, 6.07) is 2.12. The molecule has 0 bridgehead atoms. The van der Waals surface area contributed by atoms with Gasteiger partial charge in [0.25, 0.3) is 0 Å². The number of rotatable bonds is 8. The molecule has 0 aromatic carbocycles. The minimum absolute atomic E-state index is 0.579. The van der Waals surface area contributed by atoms with Gasteiger partial charge in [0.2, 0.25) is 0 Å². The molecule has 0 spiro atoms. The van der Waals surface area contributed by atoms with Crippen molar-refractivity contribution in [2.45, 2.75) is 51.6 Å². The first-order valence-electron chi connectivity index (χ1n) is 5.42. The van der Waals surface area contributed by atoms with Gasteiger partial charge in [-0.1, -0.05) is 13.3 Å². The van der Waals surface area contributed by atoms with E-state index in [1.165, 1.54) is 0 Å². The van der Waals surface area contributed by atoms with Crippen molar-refractivity contribution in [2.75, 3.05) is 13.1 Å². The Balaban J connectivity index is 3.31. The highest BCUT2D eigenvalue weighted by Crippen LogP contribution is 2.09. The molecule has 0 rings (SSSR count). The molecule has 0 aromatic heterocycles. The Labute approximate surface area is 87.1 Å². The molecule has 0 heterocycles. The summed E-state index contributed by atoms with van der Waals surface area (Å²) in [5.41, 5.74) is -0.579. The standard InChI is InChI=1S/C11H22N2O/c1-3-7-11(2,14)10-13-9-6-4-5-8-12/h13-14H,3-7,9-10H2,1-2H3. The normalized spacial score (nSPS) is 14.7. The fourth-order valence-corrected chi connectivity index (χ4v) is 1.44. The van der Waals surface area contributed by atoms with Crippen molar-refractivity contribution in [2.24, 2.45) is 0 Å². The van der Waals surface area contributed by atoms with Crippen molar-refractivity contribution in [3.05, 3.63) is 0 Å². The van der Waals surface area contributed by atoms with E-state index in [-0.39, 0.29) is 0 Å². The molecule has 1 unspecified atom stereocenters. The maximum atomic E-state index is 9.80. The topological polar surface area (TPSA) is 56.0 Å². The van der Waals surface area contributed by atoms with Gasteiger partial charge in [-0.25, -0.2) is 0 Å². The second-order valence-corrected chi connectivity index (χ2v) is 4.04. The third-order valence-electron chi connectivity index (χ3n) is 2.19. The van der Waals surface area contributed by atoms with E-state index in [4.69, 9.17) is 5.26 Å². The van der Waals surface area contributed by atoms with E-state index in [0.29, 0.717) is 13.0 Å². The van der Waals surface area contributed by atoms with E-state index in [1.54, 1.807) is 0 Å². The van der Waals surface area contributed by atoms with Crippen LogP contribution < -0.4 is 5.32 Å². The predicted molar refractivity (Wildman–Crippen MR) is 57.9 cm³/mol. The zero-order valence-electron chi connectivity index (χ0n) is 9.34. The van der Waals surface area contributed by atoms with E-state index >= 15 is 0 Å². The molecule has 0 aliphatic heterocycles. The Kier molecular flexibility index (Phi) is 7.45. The average Bonchev–Trinajstić information content (AvgIpc) is 2.11. The van der Waals surface area contributed by atoms with E-state index in [1.807, 2.05) is 6.92 Å². The van der Waals surface area contributed by atoms with E-state index < -0.39 is 5.60 Å². The van der Waals surface area contributed by atoms with Crippen LogP contribution in [0.15, 0.2) is 0 Å². The Morgan fingerprint density at radius 2 is 2.14 bits per heavy atom. The molecular formula is C11H22N2O. The van der Waals surface area contributed by atoms with Gasteiger partial charge in [-0.3, -0.25) is 0 Å². The largest absolute Gasteiger partial charge is 0.389 e. The maximum absolute atomic E-state index is 9.80. The summed E-state index contributed by atoms with van der Waals surface area (Å²) in [5, 5.41) is 21.3. The lowest BCUT2D eigenvalue weighted by Crippen LogP contribution is -2.37. The first kappa shape index (κ1) is 13.4. The zero-order chi connectivity index (χ0) is 10.9. The smallest absolute Gasteiger partial charge is 0.0743 e. The predicted octanol–water partition coefficient (Wildman–Crippen LogP) is 1.82. The van der Waals surface area contributed by atoms with Crippen molar-refractivity contribution in [1.82, 2.24) is 5.32 Å². The maximum Gasteiger partial charge on any atom is 0.0743 e. The highest BCUT2D eigenvalue weighted by molar-refractivity contribution is 4.75. The van der Waals surface area contributed by atoms with Gasteiger partial charge < -0.3 is 10.4 Å². The van der Waals surface area contributed by atoms with Crippen molar-refractivity contribution in [3.8, 4) is 6.07 Å². The first-order valence-corrected chi connectivity index (χ1v) is 5.42. The Hall–Kier alpha value is -0.590. The van der Waals surface area contributed by atoms with Crippen molar-refractivity contribution in [1.29, 1.82) is 5.26 Å². The molecule has 3 heteroatoms. The van der Waals surface area contributed by atoms with Crippen LogP contribution in [0.3, 0.4) is 0 Å². The molecule has 0 saturated heterocycles. The fourth-order valence-electron chi connectivity index (χ4n) is 1.44. The molecule has 0 saturated carbocycles. The van der Waals surface area contributed by atoms with Crippen LogP contribution >= 0.6 is 0 Å². The van der Waals surface area contributed by atoms with Gasteiger partial charge in [-0.15, -0.1) is 0 Å². The van der Waals surface area contributed by atoms with E-state index in [2.05, 4.69) is 18.3 Å². The van der Waals surface area contributed by atoms with Gasteiger partial charge in [0, 0.05) is 13.0 Å². The molecule has 0 aliphatic carbocycles. The summed E-state index contributed by atoms with van der Waals surface area (Å²) < 4.78 is 0. The summed E-state index contributed by atoms with van der Waals surface area (Å²) in [7, 11) is 0. The number of nitrogens with one attached hydrogen (secondary N) is 1. The summed E-state index contributed by atoms with van der Waals surface area (Å²) in [6.45, 7) is 5.47. The Morgan fingerprint density at radius 1 is 1.43 bits per heavy atom. The minimum atomic E-state index is -0.579. The van der Waals surface area contributed by atoms with Gasteiger partial charge in [-0.2, -0.15) is 5.26 Å². The number of unbranched alkanes of at least 4 members (excludes halogenated alkanes) is 2. The lowest BCUT2D eigenvalue weighted by Gasteiger charge is -2.22. The average molecular weight is 198 g/mol. The minimum Gasteiger partial charge on any atom is -0.389 e. The molecule has 14 heavy (non-hydrogen) atoms. The van der Waals surface area contributed by atoms with Crippen LogP contribution in [-0.2, 0) is 0 Å². The second kappa shape index (κ2) is 7.78. The van der Waals surface area contributed by atoms with Crippen LogP contribution in [0.4, 0.5) is 0 Å². The first-order chi connectivity index (χ1) is 6.62. The van der Waals surface area contributed by atoms with Gasteiger partial charge in [0.1, 0.15) is 0 Å². The van der Waals surface area contributed by atoms with Gasteiger partial charge in [0.15, 0.2) is 0 Å². The summed E-state index contributed by atoms with van der Waals surface area (Å²) in [4.78, 5) is 0. The summed E-state index contributed by atoms with van der Waals surface area (Å²) in [5.74, 6) is 0. The number of aliphatic hydroxyl groups is 1. The molecule has 0 aliphatic rings. The van der Waals surface area contributed by atoms with E-state index in [0.717, 1.165) is 32.2 Å². The molecule has 0 fully saturated rings. The van der Waals surface area contributed by atoms with Crippen LogP contribution in [0.25, 0.3) is 0 Å². The number of hydrogen-bond donors (Lipinski definition) is 2. The molecule has 0 aromatic rings. The summed E-state index contributed by atoms with van der Waals surface area (Å²) in [6.07, 6.45) is 4.42. The Bertz CT molecular complexity index is 173. The fraction of sp³-hybridized carbons (Fsp3) is 0.909. The van der Waals surface area contributed by atoms with E-state index in [9.17, 15) is 5.11 Å².